The molecule has 0 N–H and O–H groups in total. The van der Waals surface area contributed by atoms with Crippen molar-refractivity contribution in [2.75, 3.05) is 0 Å². The Labute approximate surface area is 157 Å². The average Bonchev–Trinajstić information content (AvgIpc) is 2.95. The quantitative estimate of drug-likeness (QED) is 0.676. The van der Waals surface area contributed by atoms with Gasteiger partial charge in [0.2, 0.25) is 0 Å². The van der Waals surface area contributed by atoms with Crippen LogP contribution >= 0.6 is 0 Å². The smallest absolute Gasteiger partial charge is 0.391 e. The average molecular weight is 407 g/mol. The van der Waals surface area contributed by atoms with E-state index in [0.29, 0.717) is 12.2 Å². The zero-order valence-electron chi connectivity index (χ0n) is 15.3. The Balaban J connectivity index is 0.00000122. The highest BCUT2D eigenvalue weighted by molar-refractivity contribution is 5.69. The molecule has 0 spiro atoms. The molecule has 2 aromatic rings. The highest BCUT2D eigenvalue weighted by Gasteiger charge is 2.36. The fourth-order valence-electron chi connectivity index (χ4n) is 2.46. The van der Waals surface area contributed by atoms with E-state index in [-0.39, 0.29) is 23.2 Å². The summed E-state index contributed by atoms with van der Waals surface area (Å²) in [6.07, 6.45) is -1.73. The molecular weight excluding hydrogens is 389 g/mol. The van der Waals surface area contributed by atoms with E-state index in [0.717, 1.165) is 18.6 Å². The topological polar surface area (TPSA) is 74.1 Å². The lowest BCUT2D eigenvalue weighted by atomic mass is 10.0. The van der Waals surface area contributed by atoms with Crippen molar-refractivity contribution in [3.8, 4) is 17.0 Å². The molecule has 0 fully saturated rings. The van der Waals surface area contributed by atoms with Gasteiger partial charge in [0.1, 0.15) is 5.75 Å². The molecular formula is C17H18F5N3O3. The number of ether oxygens (including phenoxy) is 1. The number of halogens is 5. The molecule has 0 bridgehead atoms. The predicted molar refractivity (Wildman–Crippen MR) is 86.4 cm³/mol. The molecule has 0 unspecified atom stereocenters. The Hall–Kier alpha value is -2.81. The van der Waals surface area contributed by atoms with Gasteiger partial charge in [-0.2, -0.15) is 36.6 Å². The van der Waals surface area contributed by atoms with E-state index >= 15 is 0 Å². The van der Waals surface area contributed by atoms with Gasteiger partial charge < -0.3 is 4.74 Å². The lowest BCUT2D eigenvalue weighted by molar-refractivity contribution is -0.191. The minimum atomic E-state index is -4.39. The SMILES string of the molecule is CCn1ncc(C)c1-c1cnc(C[C@@H](C)C(F)(F)F)cc1OC(F)F.O=C=O. The summed E-state index contributed by atoms with van der Waals surface area (Å²) in [6, 6.07) is 1.14. The van der Waals surface area contributed by atoms with Gasteiger partial charge in [-0.1, -0.05) is 6.92 Å². The number of aryl methyl sites for hydroxylation is 2. The lowest BCUT2D eigenvalue weighted by Crippen LogP contribution is -2.22. The third-order valence-electron chi connectivity index (χ3n) is 3.79. The number of hydrogen-bond donors (Lipinski definition) is 0. The number of alkyl halides is 5. The van der Waals surface area contributed by atoms with Gasteiger partial charge in [0.05, 0.1) is 23.4 Å². The van der Waals surface area contributed by atoms with Crippen LogP contribution in [0.1, 0.15) is 25.1 Å². The first-order valence-corrected chi connectivity index (χ1v) is 8.07. The number of nitrogens with zero attached hydrogens (tertiary/aromatic N) is 3. The van der Waals surface area contributed by atoms with E-state index in [1.54, 1.807) is 17.8 Å². The van der Waals surface area contributed by atoms with Crippen LogP contribution in [0, 0.1) is 12.8 Å². The molecule has 0 amide bonds. The van der Waals surface area contributed by atoms with Crippen molar-refractivity contribution in [1.82, 2.24) is 14.8 Å². The van der Waals surface area contributed by atoms with Crippen molar-refractivity contribution >= 4 is 6.15 Å². The molecule has 0 radical (unpaired) electrons. The molecule has 2 heterocycles. The first kappa shape index (κ1) is 23.2. The predicted octanol–water partition coefficient (Wildman–Crippen LogP) is 4.03. The molecule has 0 saturated heterocycles. The molecule has 2 rings (SSSR count). The fourth-order valence-corrected chi connectivity index (χ4v) is 2.46. The molecule has 0 saturated carbocycles. The third kappa shape index (κ3) is 6.12. The van der Waals surface area contributed by atoms with Gasteiger partial charge >= 0.3 is 18.9 Å². The highest BCUT2D eigenvalue weighted by atomic mass is 19.4. The van der Waals surface area contributed by atoms with Crippen LogP contribution in [0.15, 0.2) is 18.5 Å². The normalized spacial score (nSPS) is 12.2. The molecule has 6 nitrogen and oxygen atoms in total. The third-order valence-corrected chi connectivity index (χ3v) is 3.79. The molecule has 28 heavy (non-hydrogen) atoms. The van der Waals surface area contributed by atoms with Crippen LogP contribution < -0.4 is 4.74 Å². The van der Waals surface area contributed by atoms with Crippen LogP contribution in [0.5, 0.6) is 5.75 Å². The summed E-state index contributed by atoms with van der Waals surface area (Å²) in [6.45, 7) is 1.98. The first-order valence-electron chi connectivity index (χ1n) is 8.07. The maximum atomic E-state index is 12.8. The maximum absolute atomic E-state index is 12.8. The fraction of sp³-hybridized carbons (Fsp3) is 0.471. The van der Waals surface area contributed by atoms with E-state index in [1.165, 1.54) is 6.20 Å². The second-order valence-electron chi connectivity index (χ2n) is 5.77. The summed E-state index contributed by atoms with van der Waals surface area (Å²) in [5, 5.41) is 4.13. The Morgan fingerprint density at radius 2 is 1.86 bits per heavy atom. The summed E-state index contributed by atoms with van der Waals surface area (Å²) in [5.41, 5.74) is 1.56. The molecule has 0 aliphatic carbocycles. The van der Waals surface area contributed by atoms with Crippen LogP contribution in [-0.4, -0.2) is 33.7 Å². The van der Waals surface area contributed by atoms with Gasteiger partial charge in [-0.25, -0.2) is 0 Å². The van der Waals surface area contributed by atoms with Crippen LogP contribution in [0.25, 0.3) is 11.3 Å². The first-order chi connectivity index (χ1) is 13.0. The monoisotopic (exact) mass is 407 g/mol. The number of carbonyl (C=O) groups excluding carboxylic acids is 2. The van der Waals surface area contributed by atoms with E-state index < -0.39 is 25.1 Å². The summed E-state index contributed by atoms with van der Waals surface area (Å²) in [7, 11) is 0. The molecule has 0 aliphatic rings. The summed E-state index contributed by atoms with van der Waals surface area (Å²) in [4.78, 5) is 20.3. The second kappa shape index (κ2) is 9.93. The zero-order valence-corrected chi connectivity index (χ0v) is 15.3. The van der Waals surface area contributed by atoms with E-state index in [1.807, 2.05) is 6.92 Å². The van der Waals surface area contributed by atoms with Crippen LogP contribution in [-0.2, 0) is 22.6 Å². The van der Waals surface area contributed by atoms with Gasteiger partial charge in [-0.05, 0) is 19.4 Å². The molecule has 2 aromatic heterocycles. The Morgan fingerprint density at radius 1 is 1.25 bits per heavy atom. The molecule has 11 heteroatoms. The van der Waals surface area contributed by atoms with E-state index in [9.17, 15) is 22.0 Å². The van der Waals surface area contributed by atoms with Gasteiger partial charge in [-0.3, -0.25) is 9.67 Å². The molecule has 0 aliphatic heterocycles. The summed E-state index contributed by atoms with van der Waals surface area (Å²) in [5.74, 6) is -1.86. The van der Waals surface area contributed by atoms with Crippen molar-refractivity contribution in [2.24, 2.45) is 5.92 Å². The number of pyridine rings is 1. The Bertz CT molecular complexity index is 815. The summed E-state index contributed by atoms with van der Waals surface area (Å²) < 4.78 is 69.8. The van der Waals surface area contributed by atoms with E-state index in [2.05, 4.69) is 14.8 Å². The molecule has 154 valence electrons. The van der Waals surface area contributed by atoms with Crippen molar-refractivity contribution < 1.29 is 36.3 Å². The molecule has 0 aromatic carbocycles. The van der Waals surface area contributed by atoms with Crippen LogP contribution in [0.4, 0.5) is 22.0 Å². The lowest BCUT2D eigenvalue weighted by Gasteiger charge is -2.17. The minimum Gasteiger partial charge on any atom is -0.434 e. The van der Waals surface area contributed by atoms with Crippen molar-refractivity contribution in [2.45, 2.75) is 46.5 Å². The number of hydrogen-bond acceptors (Lipinski definition) is 5. The maximum Gasteiger partial charge on any atom is 0.391 e. The van der Waals surface area contributed by atoms with Gasteiger partial charge in [0.15, 0.2) is 0 Å². The minimum absolute atomic E-state index is 0.0319. The van der Waals surface area contributed by atoms with Gasteiger partial charge in [-0.15, -0.1) is 0 Å². The zero-order chi connectivity index (χ0) is 21.5. The standard InChI is InChI=1S/C16H18F5N3O.CO2/c1-4-24-14(9(2)7-23-24)12-8-22-11(5-10(3)16(19,20)21)6-13(12)25-15(17)18;2-1-3/h6-8,10,15H,4-5H2,1-3H3;/t10-;/m1./s1. The number of aromatic nitrogens is 3. The highest BCUT2D eigenvalue weighted by Crippen LogP contribution is 2.35. The van der Waals surface area contributed by atoms with Crippen LogP contribution in [0.2, 0.25) is 0 Å². The van der Waals surface area contributed by atoms with Crippen molar-refractivity contribution in [3.05, 3.63) is 29.7 Å². The molecule has 1 atom stereocenters. The Kier molecular flexibility index (Phi) is 8.24. The summed E-state index contributed by atoms with van der Waals surface area (Å²) >= 11 is 0. The Morgan fingerprint density at radius 3 is 2.36 bits per heavy atom. The van der Waals surface area contributed by atoms with E-state index in [4.69, 9.17) is 9.59 Å². The van der Waals surface area contributed by atoms with Crippen LogP contribution in [0.3, 0.4) is 0 Å². The number of rotatable bonds is 6. The van der Waals surface area contributed by atoms with Crippen molar-refractivity contribution in [1.29, 1.82) is 0 Å². The van der Waals surface area contributed by atoms with Gasteiger partial charge in [0, 0.05) is 30.9 Å². The van der Waals surface area contributed by atoms with Gasteiger partial charge in [0.25, 0.3) is 0 Å². The largest absolute Gasteiger partial charge is 0.434 e. The second-order valence-corrected chi connectivity index (χ2v) is 5.77. The van der Waals surface area contributed by atoms with Crippen molar-refractivity contribution in [3.63, 3.8) is 0 Å².